The second kappa shape index (κ2) is 44.3. The van der Waals surface area contributed by atoms with Gasteiger partial charge in [0.2, 0.25) is 53.2 Å². The summed E-state index contributed by atoms with van der Waals surface area (Å²) in [6.45, 7) is 2.82. The smallest absolute Gasteiger partial charge is 0.243 e. The number of carbonyl (C=O) groups excluding carboxylic acids is 9. The summed E-state index contributed by atoms with van der Waals surface area (Å²) in [4.78, 5) is 137. The van der Waals surface area contributed by atoms with Gasteiger partial charge in [-0.15, -0.1) is 0 Å². The van der Waals surface area contributed by atoms with E-state index >= 15 is 0 Å². The van der Waals surface area contributed by atoms with Crippen LogP contribution in [0.1, 0.15) is 128 Å². The molecule has 0 saturated heterocycles. The maximum Gasteiger partial charge on any atom is 0.243 e. The molecule has 0 saturated carbocycles. The fraction of sp³-hybridized carbons (Fsp3) is 0.667. The first-order chi connectivity index (χ1) is 41.4. The second-order valence-electron chi connectivity index (χ2n) is 21.0. The van der Waals surface area contributed by atoms with E-state index in [4.69, 9.17) is 68.8 Å². The van der Waals surface area contributed by atoms with Crippen molar-refractivity contribution in [2.75, 3.05) is 45.8 Å². The third-order valence-electron chi connectivity index (χ3n) is 13.6. The van der Waals surface area contributed by atoms with Gasteiger partial charge in [0.05, 0.1) is 6.04 Å². The lowest BCUT2D eigenvalue weighted by Gasteiger charge is -2.28. The van der Waals surface area contributed by atoms with Crippen molar-refractivity contribution in [1.29, 1.82) is 0 Å². The number of phenols is 1. The Morgan fingerprint density at radius 2 is 0.667 bits per heavy atom. The van der Waals surface area contributed by atoms with E-state index in [9.17, 15) is 48.3 Å². The number of nitrogens with two attached hydrogens (primary N) is 12. The molecule has 0 aliphatic heterocycles. The quantitative estimate of drug-likeness (QED) is 0.0164. The molecule has 33 nitrogen and oxygen atoms in total. The zero-order valence-electron chi connectivity index (χ0n) is 50.3. The van der Waals surface area contributed by atoms with Gasteiger partial charge in [-0.2, -0.15) is 0 Å². The molecule has 33 heteroatoms. The number of aromatic hydroxyl groups is 1. The van der Waals surface area contributed by atoms with Gasteiger partial charge in [0.25, 0.3) is 0 Å². The molecule has 0 fully saturated rings. The van der Waals surface area contributed by atoms with Crippen LogP contribution in [-0.4, -0.2) is 176 Å². The number of hydrogen-bond donors (Lipinski definition) is 21. The number of primary amides is 1. The second-order valence-corrected chi connectivity index (χ2v) is 21.0. The Morgan fingerprint density at radius 1 is 0.379 bits per heavy atom. The first-order valence-electron chi connectivity index (χ1n) is 29.6. The summed E-state index contributed by atoms with van der Waals surface area (Å²) in [5.74, 6) is -7.68. The number of unbranched alkanes of at least 4 members (excludes halogenated alkanes) is 4. The molecule has 1 rings (SSSR count). The van der Waals surface area contributed by atoms with Gasteiger partial charge in [-0.3, -0.25) is 58.1 Å². The van der Waals surface area contributed by atoms with E-state index in [-0.39, 0.29) is 121 Å². The molecule has 0 spiro atoms. The number of hydrogen-bond acceptors (Lipinski definition) is 18. The van der Waals surface area contributed by atoms with Crippen molar-refractivity contribution in [2.24, 2.45) is 83.8 Å². The van der Waals surface area contributed by atoms with Crippen LogP contribution in [0.2, 0.25) is 0 Å². The van der Waals surface area contributed by atoms with Crippen LogP contribution < -0.4 is 111 Å². The van der Waals surface area contributed by atoms with Crippen LogP contribution in [0.25, 0.3) is 0 Å². The van der Waals surface area contributed by atoms with Crippen molar-refractivity contribution in [3.8, 4) is 5.75 Å². The molecule has 0 unspecified atom stereocenters. The van der Waals surface area contributed by atoms with Crippen LogP contribution in [0.4, 0.5) is 0 Å². The van der Waals surface area contributed by atoms with E-state index in [1.54, 1.807) is 0 Å². The maximum absolute atomic E-state index is 14.6. The number of rotatable bonds is 47. The largest absolute Gasteiger partial charge is 0.508 e. The molecule has 0 radical (unpaired) electrons. The van der Waals surface area contributed by atoms with Gasteiger partial charge in [0.1, 0.15) is 54.1 Å². The van der Waals surface area contributed by atoms with Crippen molar-refractivity contribution >= 4 is 71.0 Å². The summed E-state index contributed by atoms with van der Waals surface area (Å²) in [7, 11) is 0. The monoisotopic (exact) mass is 1230 g/mol. The van der Waals surface area contributed by atoms with Gasteiger partial charge in [0, 0.05) is 26.1 Å². The summed E-state index contributed by atoms with van der Waals surface area (Å²) in [5, 5.41) is 31.4. The highest BCUT2D eigenvalue weighted by molar-refractivity contribution is 5.98. The van der Waals surface area contributed by atoms with E-state index in [1.807, 2.05) is 0 Å². The Bertz CT molecular complexity index is 2370. The predicted octanol–water partition coefficient (Wildman–Crippen LogP) is -6.68. The third kappa shape index (κ3) is 34.0. The minimum atomic E-state index is -1.42. The minimum Gasteiger partial charge on any atom is -0.508 e. The number of aliphatic imine (C=N–C) groups is 3. The van der Waals surface area contributed by atoms with Gasteiger partial charge in [-0.1, -0.05) is 12.1 Å². The Morgan fingerprint density at radius 3 is 1.02 bits per heavy atom. The van der Waals surface area contributed by atoms with Crippen LogP contribution in [-0.2, 0) is 49.6 Å². The molecule has 33 N–H and O–H groups in total. The SMILES string of the molecule is C[C@H](NC(=O)[C@H](CCCCN)NC(=O)[C@H](Cc1ccc(O)cc1)NC(=O)[C@H](CCCCN)NC(=O)[C@H](CCCCN)NC(=O)[C@@H](N)CCCN=C(N)N)C(=O)N[C@@H](CCCN=C(N)N)C(=O)N[C@@H](CCCN=C(N)N)C(=O)N[C@@H](CCCCN)C(N)=O. The number of nitrogens with one attached hydrogen (secondary N) is 8. The molecule has 0 aromatic heterocycles. The standard InChI is InChI=1S/C54H101N23O10/c1-32(44(80)72-40(18-11-29-68-53(63)64)49(85)75-41(19-12-30-69-54(65)66)47(83)71-36(43(60)79)14-2-6-24-55)70-46(82)37(15-3-7-25-56)76-51(87)42(31-33-20-22-34(78)23-21-33)77-50(86)39(17-5-9-27-58)74-48(84)38(16-4-8-26-57)73-45(81)35(59)13-10-28-67-52(61)62/h20-23,32,35-42,78H,2-19,24-31,55-59H2,1H3,(H2,60,79)(H,70,82)(H,71,83)(H,72,80)(H,73,81)(H,74,84)(H,75,85)(H,76,87)(H,77,86)(H4,61,62,67)(H4,63,64,68)(H4,65,66,69)/t32-,35-,36-,37-,38-,39-,40-,41-,42-/m0/s1. The van der Waals surface area contributed by atoms with Crippen LogP contribution in [0.3, 0.4) is 0 Å². The van der Waals surface area contributed by atoms with E-state index in [2.05, 4.69) is 57.5 Å². The summed E-state index contributed by atoms with van der Waals surface area (Å²) in [6.07, 6.45) is 4.56. The van der Waals surface area contributed by atoms with Crippen LogP contribution in [0.15, 0.2) is 39.2 Å². The van der Waals surface area contributed by atoms with E-state index in [0.717, 1.165) is 0 Å². The summed E-state index contributed by atoms with van der Waals surface area (Å²) < 4.78 is 0. The Kier molecular flexibility index (Phi) is 39.2. The Balaban J connectivity index is 3.61. The number of carbonyl (C=O) groups is 9. The highest BCUT2D eigenvalue weighted by Crippen LogP contribution is 2.14. The molecular formula is C54H101N23O10. The normalized spacial score (nSPS) is 14.0. The molecule has 0 aliphatic rings. The zero-order chi connectivity index (χ0) is 65.3. The molecule has 0 aliphatic carbocycles. The first-order valence-corrected chi connectivity index (χ1v) is 29.6. The topological polar surface area (TPSA) is 619 Å². The first kappa shape index (κ1) is 76.9. The van der Waals surface area contributed by atoms with Gasteiger partial charge in [0.15, 0.2) is 17.9 Å². The lowest BCUT2D eigenvalue weighted by Crippen LogP contribution is -2.60. The molecule has 87 heavy (non-hydrogen) atoms. The summed E-state index contributed by atoms with van der Waals surface area (Å²) >= 11 is 0. The summed E-state index contributed by atoms with van der Waals surface area (Å²) in [6, 6.07) is -5.51. The molecule has 492 valence electrons. The molecule has 1 aromatic rings. The molecule has 9 amide bonds. The minimum absolute atomic E-state index is 0.00401. The highest BCUT2D eigenvalue weighted by Gasteiger charge is 2.34. The average molecular weight is 1230 g/mol. The fourth-order valence-corrected chi connectivity index (χ4v) is 8.65. The van der Waals surface area contributed by atoms with E-state index < -0.39 is 108 Å². The Hall–Kier alpha value is -8.14. The molecule has 9 atom stereocenters. The van der Waals surface area contributed by atoms with E-state index in [0.29, 0.717) is 76.4 Å². The highest BCUT2D eigenvalue weighted by atomic mass is 16.3. The zero-order valence-corrected chi connectivity index (χ0v) is 50.3. The molecule has 0 bridgehead atoms. The van der Waals surface area contributed by atoms with Crippen molar-refractivity contribution in [2.45, 2.75) is 183 Å². The Labute approximate surface area is 508 Å². The van der Waals surface area contributed by atoms with Crippen LogP contribution >= 0.6 is 0 Å². The van der Waals surface area contributed by atoms with Crippen LogP contribution in [0, 0.1) is 0 Å². The number of nitrogens with zero attached hydrogens (tertiary/aromatic N) is 3. The lowest BCUT2D eigenvalue weighted by molar-refractivity contribution is -0.136. The average Bonchev–Trinajstić information content (AvgIpc) is 3.54. The molecule has 0 heterocycles. The van der Waals surface area contributed by atoms with Gasteiger partial charge >= 0.3 is 0 Å². The predicted molar refractivity (Wildman–Crippen MR) is 331 cm³/mol. The summed E-state index contributed by atoms with van der Waals surface area (Å²) in [5.41, 5.74) is 68.0. The van der Waals surface area contributed by atoms with Crippen LogP contribution in [0.5, 0.6) is 5.75 Å². The van der Waals surface area contributed by atoms with Crippen molar-refractivity contribution in [3.05, 3.63) is 29.8 Å². The molecule has 1 aromatic carbocycles. The number of amides is 9. The van der Waals surface area contributed by atoms with Gasteiger partial charge in [-0.25, -0.2) is 0 Å². The van der Waals surface area contributed by atoms with Gasteiger partial charge < -0.3 is 116 Å². The van der Waals surface area contributed by atoms with Crippen molar-refractivity contribution in [1.82, 2.24) is 42.5 Å². The number of guanidine groups is 3. The van der Waals surface area contributed by atoms with E-state index in [1.165, 1.54) is 31.2 Å². The third-order valence-corrected chi connectivity index (χ3v) is 13.6. The van der Waals surface area contributed by atoms with Crippen molar-refractivity contribution < 1.29 is 48.3 Å². The molecular weight excluding hydrogens is 1130 g/mol. The van der Waals surface area contributed by atoms with Gasteiger partial charge in [-0.05, 0) is 166 Å². The fourth-order valence-electron chi connectivity index (χ4n) is 8.65. The lowest BCUT2D eigenvalue weighted by atomic mass is 10.0. The maximum atomic E-state index is 14.6. The van der Waals surface area contributed by atoms with Crippen molar-refractivity contribution in [3.63, 3.8) is 0 Å². The number of phenolic OH excluding ortho intramolecular Hbond substituents is 1. The number of benzene rings is 1.